The largest absolute Gasteiger partial charge is 0.373 e. The molecule has 1 heterocycles. The Morgan fingerprint density at radius 3 is 2.95 bits per heavy atom. The van der Waals surface area contributed by atoms with Gasteiger partial charge in [0.05, 0.1) is 30.2 Å². The third kappa shape index (κ3) is 3.04. The second-order valence-corrected chi connectivity index (χ2v) is 4.85. The Bertz CT molecular complexity index is 484. The normalized spacial score (nSPS) is 23.5. The summed E-state index contributed by atoms with van der Waals surface area (Å²) in [5.41, 5.74) is -0.262. The molecule has 0 aromatic heterocycles. The Morgan fingerprint density at radius 1 is 1.53 bits per heavy atom. The van der Waals surface area contributed by atoms with E-state index in [2.05, 4.69) is 0 Å². The summed E-state index contributed by atoms with van der Waals surface area (Å²) in [6.45, 7) is 2.40. The summed E-state index contributed by atoms with van der Waals surface area (Å²) >= 11 is 5.70. The van der Waals surface area contributed by atoms with Gasteiger partial charge in [0.1, 0.15) is 11.6 Å². The first-order valence-corrected chi connectivity index (χ1v) is 6.50. The van der Waals surface area contributed by atoms with E-state index in [1.54, 1.807) is 6.92 Å². The fraction of sp³-hybridized carbons (Fsp3) is 0.462. The quantitative estimate of drug-likeness (QED) is 0.783. The van der Waals surface area contributed by atoms with Crippen LogP contribution in [0.5, 0.6) is 0 Å². The molecule has 1 aromatic rings. The van der Waals surface area contributed by atoms with E-state index in [0.29, 0.717) is 6.61 Å². The molecule has 1 amide bonds. The number of hydrogen-bond acceptors (Lipinski definition) is 2. The molecule has 1 saturated heterocycles. The molecule has 0 saturated carbocycles. The Labute approximate surface area is 115 Å². The van der Waals surface area contributed by atoms with E-state index in [4.69, 9.17) is 16.3 Å². The van der Waals surface area contributed by atoms with Crippen molar-refractivity contribution in [1.82, 2.24) is 4.90 Å². The number of benzene rings is 1. The molecule has 19 heavy (non-hydrogen) atoms. The van der Waals surface area contributed by atoms with E-state index >= 15 is 0 Å². The highest BCUT2D eigenvalue weighted by Gasteiger charge is 2.31. The van der Waals surface area contributed by atoms with Crippen LogP contribution in [0.3, 0.4) is 0 Å². The molecule has 104 valence electrons. The third-order valence-corrected chi connectivity index (χ3v) is 3.44. The SMILES string of the molecule is CC1COC(CCl)CN1C(=O)c1cc(F)ccc1F. The first kappa shape index (κ1) is 14.2. The van der Waals surface area contributed by atoms with Crippen LogP contribution in [0.25, 0.3) is 0 Å². The molecule has 3 nitrogen and oxygen atoms in total. The van der Waals surface area contributed by atoms with Crippen molar-refractivity contribution in [3.63, 3.8) is 0 Å². The minimum atomic E-state index is -0.729. The maximum atomic E-state index is 13.6. The third-order valence-electron chi connectivity index (χ3n) is 3.10. The number of hydrogen-bond donors (Lipinski definition) is 0. The standard InChI is InChI=1S/C13H14ClF2NO2/c1-8-7-19-10(5-14)6-17(8)13(18)11-4-9(15)2-3-12(11)16/h2-4,8,10H,5-7H2,1H3. The Kier molecular flexibility index (Phi) is 4.37. The predicted molar refractivity (Wildman–Crippen MR) is 67.3 cm³/mol. The van der Waals surface area contributed by atoms with Crippen LogP contribution in [0, 0.1) is 11.6 Å². The molecular formula is C13H14ClF2NO2. The van der Waals surface area contributed by atoms with Crippen LogP contribution < -0.4 is 0 Å². The van der Waals surface area contributed by atoms with Crippen LogP contribution in [0.4, 0.5) is 8.78 Å². The number of alkyl halides is 1. The lowest BCUT2D eigenvalue weighted by molar-refractivity contribution is -0.0373. The highest BCUT2D eigenvalue weighted by atomic mass is 35.5. The van der Waals surface area contributed by atoms with Gasteiger partial charge < -0.3 is 9.64 Å². The topological polar surface area (TPSA) is 29.5 Å². The number of nitrogens with zero attached hydrogens (tertiary/aromatic N) is 1. The summed E-state index contributed by atoms with van der Waals surface area (Å²) in [5, 5.41) is 0. The van der Waals surface area contributed by atoms with E-state index in [1.165, 1.54) is 4.90 Å². The van der Waals surface area contributed by atoms with Crippen molar-refractivity contribution in [2.75, 3.05) is 19.0 Å². The van der Waals surface area contributed by atoms with Gasteiger partial charge in [-0.3, -0.25) is 4.79 Å². The molecule has 1 aliphatic rings. The van der Waals surface area contributed by atoms with Gasteiger partial charge in [-0.1, -0.05) is 0 Å². The van der Waals surface area contributed by atoms with Crippen molar-refractivity contribution < 1.29 is 18.3 Å². The van der Waals surface area contributed by atoms with Gasteiger partial charge in [0.2, 0.25) is 0 Å². The second-order valence-electron chi connectivity index (χ2n) is 4.54. The molecule has 1 aromatic carbocycles. The fourth-order valence-electron chi connectivity index (χ4n) is 2.01. The summed E-state index contributed by atoms with van der Waals surface area (Å²) in [6.07, 6.45) is -0.279. The molecular weight excluding hydrogens is 276 g/mol. The Hall–Kier alpha value is -1.20. The van der Waals surface area contributed by atoms with Crippen LogP contribution in [0.15, 0.2) is 18.2 Å². The molecule has 0 spiro atoms. The highest BCUT2D eigenvalue weighted by Crippen LogP contribution is 2.18. The average Bonchev–Trinajstić information content (AvgIpc) is 2.41. The number of halogens is 3. The van der Waals surface area contributed by atoms with Crippen LogP contribution in [0.1, 0.15) is 17.3 Å². The van der Waals surface area contributed by atoms with Crippen molar-refractivity contribution in [3.8, 4) is 0 Å². The van der Waals surface area contributed by atoms with Crippen molar-refractivity contribution in [3.05, 3.63) is 35.4 Å². The molecule has 0 aliphatic carbocycles. The van der Waals surface area contributed by atoms with E-state index in [9.17, 15) is 13.6 Å². The second kappa shape index (κ2) is 5.84. The van der Waals surface area contributed by atoms with Gasteiger partial charge in [0.15, 0.2) is 0 Å². The first-order valence-electron chi connectivity index (χ1n) is 5.96. The van der Waals surface area contributed by atoms with Crippen molar-refractivity contribution in [2.24, 2.45) is 0 Å². The van der Waals surface area contributed by atoms with Crippen LogP contribution in [-0.4, -0.2) is 42.0 Å². The molecule has 1 aliphatic heterocycles. The number of carbonyl (C=O) groups is 1. The van der Waals surface area contributed by atoms with E-state index < -0.39 is 17.5 Å². The van der Waals surface area contributed by atoms with E-state index in [0.717, 1.165) is 18.2 Å². The predicted octanol–water partition coefficient (Wildman–Crippen LogP) is 2.43. The smallest absolute Gasteiger partial charge is 0.257 e. The molecule has 2 unspecified atom stereocenters. The highest BCUT2D eigenvalue weighted by molar-refractivity contribution is 6.18. The van der Waals surface area contributed by atoms with Gasteiger partial charge in [0.25, 0.3) is 5.91 Å². The van der Waals surface area contributed by atoms with E-state index in [-0.39, 0.29) is 30.1 Å². The van der Waals surface area contributed by atoms with Crippen LogP contribution in [-0.2, 0) is 4.74 Å². The summed E-state index contributed by atoms with van der Waals surface area (Å²) < 4.78 is 32.2. The summed E-state index contributed by atoms with van der Waals surface area (Å²) in [4.78, 5) is 13.7. The van der Waals surface area contributed by atoms with Gasteiger partial charge in [-0.05, 0) is 25.1 Å². The monoisotopic (exact) mass is 289 g/mol. The minimum Gasteiger partial charge on any atom is -0.373 e. The molecule has 0 bridgehead atoms. The molecule has 2 atom stereocenters. The van der Waals surface area contributed by atoms with Gasteiger partial charge in [-0.15, -0.1) is 11.6 Å². The summed E-state index contributed by atoms with van der Waals surface area (Å²) in [5.74, 6) is -1.66. The fourth-order valence-corrected chi connectivity index (χ4v) is 2.20. The molecule has 6 heteroatoms. The lowest BCUT2D eigenvalue weighted by Gasteiger charge is -2.37. The molecule has 2 rings (SSSR count). The van der Waals surface area contributed by atoms with Crippen molar-refractivity contribution in [1.29, 1.82) is 0 Å². The van der Waals surface area contributed by atoms with Gasteiger partial charge in [-0.2, -0.15) is 0 Å². The van der Waals surface area contributed by atoms with Gasteiger partial charge in [-0.25, -0.2) is 8.78 Å². The number of ether oxygens (including phenoxy) is 1. The number of rotatable bonds is 2. The van der Waals surface area contributed by atoms with Crippen LogP contribution >= 0.6 is 11.6 Å². The Morgan fingerprint density at radius 2 is 2.26 bits per heavy atom. The molecule has 0 radical (unpaired) electrons. The Balaban J connectivity index is 2.24. The molecule has 1 fully saturated rings. The number of morpholine rings is 1. The summed E-state index contributed by atoms with van der Waals surface area (Å²) in [7, 11) is 0. The van der Waals surface area contributed by atoms with Crippen molar-refractivity contribution >= 4 is 17.5 Å². The average molecular weight is 290 g/mol. The lowest BCUT2D eigenvalue weighted by atomic mass is 10.1. The van der Waals surface area contributed by atoms with E-state index in [1.807, 2.05) is 0 Å². The van der Waals surface area contributed by atoms with Gasteiger partial charge in [0, 0.05) is 6.54 Å². The zero-order chi connectivity index (χ0) is 14.0. The minimum absolute atomic E-state index is 0.199. The first-order chi connectivity index (χ1) is 9.02. The maximum absolute atomic E-state index is 13.6. The van der Waals surface area contributed by atoms with Crippen molar-refractivity contribution in [2.45, 2.75) is 19.1 Å². The zero-order valence-electron chi connectivity index (χ0n) is 10.4. The molecule has 0 N–H and O–H groups in total. The summed E-state index contributed by atoms with van der Waals surface area (Å²) in [6, 6.07) is 2.65. The number of amides is 1. The number of carbonyl (C=O) groups excluding carboxylic acids is 1. The van der Waals surface area contributed by atoms with Gasteiger partial charge >= 0.3 is 0 Å². The lowest BCUT2D eigenvalue weighted by Crippen LogP contribution is -2.51. The zero-order valence-corrected chi connectivity index (χ0v) is 11.2. The van der Waals surface area contributed by atoms with Crippen LogP contribution in [0.2, 0.25) is 0 Å². The maximum Gasteiger partial charge on any atom is 0.257 e.